The summed E-state index contributed by atoms with van der Waals surface area (Å²) < 4.78 is 9.34. The molecule has 0 bridgehead atoms. The number of hydrogen-bond donors (Lipinski definition) is 0. The summed E-state index contributed by atoms with van der Waals surface area (Å²) in [7, 11) is 3.93. The molecule has 0 saturated heterocycles. The van der Waals surface area contributed by atoms with Gasteiger partial charge in [-0.2, -0.15) is 4.58 Å². The Labute approximate surface area is 189 Å². The van der Waals surface area contributed by atoms with Crippen LogP contribution in [0.5, 0.6) is 5.75 Å². The van der Waals surface area contributed by atoms with E-state index in [1.807, 2.05) is 0 Å². The third-order valence-electron chi connectivity index (χ3n) is 6.31. The van der Waals surface area contributed by atoms with Gasteiger partial charge in [-0.05, 0) is 80.1 Å². The van der Waals surface area contributed by atoms with Crippen LogP contribution in [0.15, 0.2) is 42.5 Å². The summed E-state index contributed by atoms with van der Waals surface area (Å²) in [6.45, 7) is 11.0. The highest BCUT2D eigenvalue weighted by atomic mass is 127. The predicted molar refractivity (Wildman–Crippen MR) is 133 cm³/mol. The lowest BCUT2D eigenvalue weighted by atomic mass is 9.77. The highest BCUT2D eigenvalue weighted by molar-refractivity contribution is 14.1. The second-order valence-electron chi connectivity index (χ2n) is 7.72. The van der Waals surface area contributed by atoms with E-state index in [0.29, 0.717) is 0 Å². The van der Waals surface area contributed by atoms with Crippen LogP contribution in [0.3, 0.4) is 0 Å². The number of rotatable bonds is 7. The molecule has 0 amide bonds. The van der Waals surface area contributed by atoms with Gasteiger partial charge in [0.25, 0.3) is 0 Å². The van der Waals surface area contributed by atoms with Crippen LogP contribution in [0.4, 0.5) is 11.4 Å². The zero-order valence-electron chi connectivity index (χ0n) is 18.4. The maximum Gasteiger partial charge on any atom is 0.209 e. The van der Waals surface area contributed by atoms with Gasteiger partial charge >= 0.3 is 0 Å². The summed E-state index contributed by atoms with van der Waals surface area (Å²) in [6.07, 6.45) is 5.52. The minimum Gasteiger partial charge on any atom is -0.496 e. The molecule has 0 radical (unpaired) electrons. The molecule has 0 fully saturated rings. The summed E-state index contributed by atoms with van der Waals surface area (Å²) in [4.78, 5) is 2.34. The number of halogens is 1. The van der Waals surface area contributed by atoms with Gasteiger partial charge in [-0.3, -0.25) is 0 Å². The molecule has 2 aromatic rings. The second-order valence-corrected chi connectivity index (χ2v) is 8.97. The predicted octanol–water partition coefficient (Wildman–Crippen LogP) is 6.26. The van der Waals surface area contributed by atoms with E-state index >= 15 is 0 Å². The summed E-state index contributed by atoms with van der Waals surface area (Å²) >= 11 is 2.41. The average Bonchev–Trinajstić information content (AvgIpc) is 2.94. The Balaban J connectivity index is 2.00. The molecule has 2 aromatic carbocycles. The maximum atomic E-state index is 5.72. The number of benzene rings is 2. The Hall–Kier alpha value is -1.82. The molecule has 0 spiro atoms. The van der Waals surface area contributed by atoms with Crippen LogP contribution in [0.25, 0.3) is 6.08 Å². The first-order chi connectivity index (χ1) is 13.9. The SMILES string of the molecule is CCN(CC)c1ccc(/C=C/C2=[N+](C)c3ccc(I)cc3C2(C)CC)c(OC)c1. The van der Waals surface area contributed by atoms with E-state index in [1.165, 1.54) is 26.2 Å². The smallest absolute Gasteiger partial charge is 0.209 e. The van der Waals surface area contributed by atoms with Crippen LogP contribution in [-0.4, -0.2) is 37.5 Å². The van der Waals surface area contributed by atoms with Crippen LogP contribution in [-0.2, 0) is 5.41 Å². The van der Waals surface area contributed by atoms with Crippen molar-refractivity contribution < 1.29 is 9.31 Å². The topological polar surface area (TPSA) is 15.5 Å². The zero-order chi connectivity index (χ0) is 21.2. The van der Waals surface area contributed by atoms with Crippen molar-refractivity contribution in [1.29, 1.82) is 0 Å². The number of hydrogen-bond acceptors (Lipinski definition) is 2. The van der Waals surface area contributed by atoms with Crippen molar-refractivity contribution >= 4 is 45.8 Å². The molecule has 1 atom stereocenters. The lowest BCUT2D eigenvalue weighted by molar-refractivity contribution is -0.401. The number of allylic oxidation sites excluding steroid dienone is 1. The Morgan fingerprint density at radius 2 is 1.79 bits per heavy atom. The van der Waals surface area contributed by atoms with Gasteiger partial charge in [-0.25, -0.2) is 0 Å². The summed E-state index contributed by atoms with van der Waals surface area (Å²) in [6, 6.07) is 13.3. The molecular formula is C25H32IN2O+. The fraction of sp³-hybridized carbons (Fsp3) is 0.400. The van der Waals surface area contributed by atoms with Crippen molar-refractivity contribution in [3.8, 4) is 5.75 Å². The van der Waals surface area contributed by atoms with E-state index in [-0.39, 0.29) is 5.41 Å². The molecule has 0 N–H and O–H groups in total. The third kappa shape index (κ3) is 3.96. The molecule has 4 heteroatoms. The largest absolute Gasteiger partial charge is 0.496 e. The molecule has 29 heavy (non-hydrogen) atoms. The normalized spacial score (nSPS) is 18.4. The van der Waals surface area contributed by atoms with Crippen LogP contribution < -0.4 is 9.64 Å². The second kappa shape index (κ2) is 8.90. The fourth-order valence-electron chi connectivity index (χ4n) is 4.34. The Bertz CT molecular complexity index is 959. The fourth-order valence-corrected chi connectivity index (χ4v) is 4.83. The van der Waals surface area contributed by atoms with Gasteiger partial charge in [-0.1, -0.05) is 6.92 Å². The molecule has 0 saturated carbocycles. The van der Waals surface area contributed by atoms with Crippen LogP contribution in [0, 0.1) is 3.57 Å². The Morgan fingerprint density at radius 1 is 1.07 bits per heavy atom. The van der Waals surface area contributed by atoms with Crippen molar-refractivity contribution in [3.05, 3.63) is 57.2 Å². The minimum atomic E-state index is 0.0101. The number of nitrogens with zero attached hydrogens (tertiary/aromatic N) is 2. The molecule has 3 nitrogen and oxygen atoms in total. The maximum absolute atomic E-state index is 5.72. The number of fused-ring (bicyclic) bond motifs is 1. The van der Waals surface area contributed by atoms with E-state index in [4.69, 9.17) is 4.74 Å². The molecule has 1 heterocycles. The quantitative estimate of drug-likeness (QED) is 0.328. The van der Waals surface area contributed by atoms with E-state index in [1.54, 1.807) is 7.11 Å². The van der Waals surface area contributed by atoms with Gasteiger partial charge in [0.1, 0.15) is 12.8 Å². The van der Waals surface area contributed by atoms with Crippen LogP contribution >= 0.6 is 22.6 Å². The van der Waals surface area contributed by atoms with Gasteiger partial charge in [0.15, 0.2) is 5.71 Å². The third-order valence-corrected chi connectivity index (χ3v) is 6.99. The minimum absolute atomic E-state index is 0.0101. The van der Waals surface area contributed by atoms with E-state index in [2.05, 4.69) is 115 Å². The van der Waals surface area contributed by atoms with E-state index < -0.39 is 0 Å². The van der Waals surface area contributed by atoms with Gasteiger partial charge in [-0.15, -0.1) is 0 Å². The van der Waals surface area contributed by atoms with E-state index in [9.17, 15) is 0 Å². The lowest BCUT2D eigenvalue weighted by Gasteiger charge is -2.22. The monoisotopic (exact) mass is 503 g/mol. The van der Waals surface area contributed by atoms with Crippen molar-refractivity contribution in [1.82, 2.24) is 0 Å². The molecule has 1 unspecified atom stereocenters. The van der Waals surface area contributed by atoms with Gasteiger partial charge in [0.2, 0.25) is 5.69 Å². The van der Waals surface area contributed by atoms with Crippen LogP contribution in [0.2, 0.25) is 0 Å². The van der Waals surface area contributed by atoms with Crippen molar-refractivity contribution in [2.75, 3.05) is 32.1 Å². The highest BCUT2D eigenvalue weighted by Gasteiger charge is 2.45. The Kier molecular flexibility index (Phi) is 6.72. The van der Waals surface area contributed by atoms with Crippen molar-refractivity contribution in [2.24, 2.45) is 0 Å². The average molecular weight is 503 g/mol. The van der Waals surface area contributed by atoms with Gasteiger partial charge in [0, 0.05) is 51.7 Å². The van der Waals surface area contributed by atoms with Crippen LogP contribution in [0.1, 0.15) is 45.2 Å². The van der Waals surface area contributed by atoms with Crippen molar-refractivity contribution in [3.63, 3.8) is 0 Å². The standard InChI is InChI=1S/C25H32IN2O/c1-7-25(4)21-16-19(26)12-14-22(21)27(5)24(25)15-11-18-10-13-20(17-23(18)29-6)28(8-2)9-3/h10-17H,7-9H2,1-6H3/q+1. The molecule has 154 valence electrons. The number of anilines is 1. The first-order valence-electron chi connectivity index (χ1n) is 10.4. The summed E-state index contributed by atoms with van der Waals surface area (Å²) in [5.74, 6) is 0.914. The molecule has 1 aliphatic rings. The first kappa shape index (κ1) is 21.9. The number of ether oxygens (including phenoxy) is 1. The molecule has 1 aliphatic heterocycles. The molecular weight excluding hydrogens is 471 g/mol. The van der Waals surface area contributed by atoms with Gasteiger partial charge in [0.05, 0.1) is 12.5 Å². The number of methoxy groups -OCH3 is 1. The Morgan fingerprint density at radius 3 is 2.41 bits per heavy atom. The molecule has 0 aliphatic carbocycles. The summed E-state index contributed by atoms with van der Waals surface area (Å²) in [5, 5.41) is 0. The van der Waals surface area contributed by atoms with Crippen molar-refractivity contribution in [2.45, 2.75) is 39.5 Å². The molecule has 0 aromatic heterocycles. The summed E-state index contributed by atoms with van der Waals surface area (Å²) in [5.41, 5.74) is 6.36. The molecule has 3 rings (SSSR count). The highest BCUT2D eigenvalue weighted by Crippen LogP contribution is 2.42. The van der Waals surface area contributed by atoms with E-state index in [0.717, 1.165) is 30.8 Å². The van der Waals surface area contributed by atoms with Gasteiger partial charge < -0.3 is 9.64 Å². The first-order valence-corrected chi connectivity index (χ1v) is 11.5. The lowest BCUT2D eigenvalue weighted by Crippen LogP contribution is -2.29. The zero-order valence-corrected chi connectivity index (χ0v) is 20.6.